The molecule has 0 aromatic rings. The van der Waals surface area contributed by atoms with Crippen LogP contribution in [0.4, 0.5) is 0 Å². The topological polar surface area (TPSA) is 54.9 Å². The third-order valence-electron chi connectivity index (χ3n) is 4.68. The van der Waals surface area contributed by atoms with Gasteiger partial charge in [-0.05, 0) is 38.0 Å². The normalized spacial score (nSPS) is 29.0. The first-order chi connectivity index (χ1) is 11.0. The second-order valence-corrected chi connectivity index (χ2v) is 7.78. The molecule has 0 amide bonds. The smallest absolute Gasteiger partial charge is 0.191 e. The summed E-state index contributed by atoms with van der Waals surface area (Å²) < 4.78 is 11.6. The molecule has 5 heteroatoms. The summed E-state index contributed by atoms with van der Waals surface area (Å²) in [4.78, 5) is 4.80. The van der Waals surface area contributed by atoms with Crippen LogP contribution < -0.4 is 10.6 Å². The standard InChI is InChI=1S/C18H35N3O2/c1-5-19-17(20-10-8-15-7-6-11-22-15)21-13-14-9-12-23-16(14)18(2,3)4/h14-16H,5-13H2,1-4H3,(H2,19,20,21). The molecule has 2 fully saturated rings. The van der Waals surface area contributed by atoms with Gasteiger partial charge in [0.2, 0.25) is 0 Å². The van der Waals surface area contributed by atoms with Crippen LogP contribution >= 0.6 is 0 Å². The van der Waals surface area contributed by atoms with Crippen LogP contribution in [0.1, 0.15) is 53.4 Å². The average molecular weight is 325 g/mol. The Morgan fingerprint density at radius 2 is 1.96 bits per heavy atom. The van der Waals surface area contributed by atoms with E-state index in [4.69, 9.17) is 14.5 Å². The number of guanidine groups is 1. The fourth-order valence-corrected chi connectivity index (χ4v) is 3.55. The first kappa shape index (κ1) is 18.5. The number of nitrogens with one attached hydrogen (secondary N) is 2. The Bertz CT molecular complexity index is 373. The first-order valence-corrected chi connectivity index (χ1v) is 9.26. The molecule has 0 aromatic carbocycles. The van der Waals surface area contributed by atoms with Crippen molar-refractivity contribution in [2.45, 2.75) is 65.6 Å². The van der Waals surface area contributed by atoms with Gasteiger partial charge in [0.15, 0.2) is 5.96 Å². The lowest BCUT2D eigenvalue weighted by atomic mass is 9.81. The van der Waals surface area contributed by atoms with E-state index >= 15 is 0 Å². The average Bonchev–Trinajstić information content (AvgIpc) is 3.15. The third kappa shape index (κ3) is 5.96. The van der Waals surface area contributed by atoms with Gasteiger partial charge in [-0.15, -0.1) is 0 Å². The predicted octanol–water partition coefficient (Wildman–Crippen LogP) is 2.56. The number of rotatable bonds is 6. The lowest BCUT2D eigenvalue weighted by molar-refractivity contribution is 0.00890. The van der Waals surface area contributed by atoms with Crippen molar-refractivity contribution in [2.75, 3.05) is 32.8 Å². The minimum Gasteiger partial charge on any atom is -0.378 e. The molecule has 2 rings (SSSR count). The lowest BCUT2D eigenvalue weighted by Gasteiger charge is -2.30. The van der Waals surface area contributed by atoms with Crippen molar-refractivity contribution in [3.8, 4) is 0 Å². The zero-order valence-corrected chi connectivity index (χ0v) is 15.4. The molecular weight excluding hydrogens is 290 g/mol. The van der Waals surface area contributed by atoms with Gasteiger partial charge in [0.05, 0.1) is 12.2 Å². The maximum Gasteiger partial charge on any atom is 0.191 e. The summed E-state index contributed by atoms with van der Waals surface area (Å²) in [7, 11) is 0. The van der Waals surface area contributed by atoms with Gasteiger partial charge in [0.1, 0.15) is 0 Å². The Labute approximate surface area is 141 Å². The van der Waals surface area contributed by atoms with Crippen LogP contribution in [0.15, 0.2) is 4.99 Å². The Morgan fingerprint density at radius 1 is 1.13 bits per heavy atom. The van der Waals surface area contributed by atoms with Crippen molar-refractivity contribution in [3.05, 3.63) is 0 Å². The van der Waals surface area contributed by atoms with Crippen molar-refractivity contribution in [3.63, 3.8) is 0 Å². The van der Waals surface area contributed by atoms with Gasteiger partial charge in [-0.25, -0.2) is 0 Å². The molecule has 5 nitrogen and oxygen atoms in total. The molecule has 0 aromatic heterocycles. The highest BCUT2D eigenvalue weighted by Gasteiger charge is 2.37. The number of ether oxygens (including phenoxy) is 2. The summed E-state index contributed by atoms with van der Waals surface area (Å²) in [5.74, 6) is 1.44. The van der Waals surface area contributed by atoms with Crippen LogP contribution in [0.3, 0.4) is 0 Å². The zero-order valence-electron chi connectivity index (χ0n) is 15.4. The van der Waals surface area contributed by atoms with E-state index in [2.05, 4.69) is 38.3 Å². The van der Waals surface area contributed by atoms with E-state index in [-0.39, 0.29) is 5.41 Å². The minimum absolute atomic E-state index is 0.183. The fourth-order valence-electron chi connectivity index (χ4n) is 3.55. The van der Waals surface area contributed by atoms with E-state index in [9.17, 15) is 0 Å². The van der Waals surface area contributed by atoms with Gasteiger partial charge < -0.3 is 20.1 Å². The molecule has 0 spiro atoms. The second-order valence-electron chi connectivity index (χ2n) is 7.78. The quantitative estimate of drug-likeness (QED) is 0.582. The van der Waals surface area contributed by atoms with Crippen molar-refractivity contribution in [1.29, 1.82) is 0 Å². The predicted molar refractivity (Wildman–Crippen MR) is 94.9 cm³/mol. The number of hydrogen-bond acceptors (Lipinski definition) is 3. The number of nitrogens with zero attached hydrogens (tertiary/aromatic N) is 1. The summed E-state index contributed by atoms with van der Waals surface area (Å²) in [5, 5.41) is 6.79. The molecule has 3 atom stereocenters. The molecule has 0 saturated carbocycles. The highest BCUT2D eigenvalue weighted by atomic mass is 16.5. The first-order valence-electron chi connectivity index (χ1n) is 9.26. The van der Waals surface area contributed by atoms with Crippen molar-refractivity contribution in [1.82, 2.24) is 10.6 Å². The summed E-state index contributed by atoms with van der Waals surface area (Å²) in [5.41, 5.74) is 0.183. The molecule has 2 N–H and O–H groups in total. The molecule has 2 heterocycles. The summed E-state index contributed by atoms with van der Waals surface area (Å²) >= 11 is 0. The van der Waals surface area contributed by atoms with Gasteiger partial charge in [0, 0.05) is 38.8 Å². The lowest BCUT2D eigenvalue weighted by Crippen LogP contribution is -2.39. The van der Waals surface area contributed by atoms with E-state index in [0.717, 1.165) is 51.6 Å². The fraction of sp³-hybridized carbons (Fsp3) is 0.944. The molecular formula is C18H35N3O2. The van der Waals surface area contributed by atoms with Crippen LogP contribution in [0, 0.1) is 11.3 Å². The van der Waals surface area contributed by atoms with Gasteiger partial charge >= 0.3 is 0 Å². The largest absolute Gasteiger partial charge is 0.378 e. The summed E-state index contributed by atoms with van der Waals surface area (Å²) in [6.45, 7) is 13.3. The Kier molecular flexibility index (Phi) is 7.15. The SMILES string of the molecule is CCNC(=NCC1CCOC1C(C)(C)C)NCCC1CCCO1. The van der Waals surface area contributed by atoms with Gasteiger partial charge in [-0.1, -0.05) is 20.8 Å². The van der Waals surface area contributed by atoms with Crippen LogP contribution in [0.5, 0.6) is 0 Å². The van der Waals surface area contributed by atoms with Gasteiger partial charge in [-0.3, -0.25) is 4.99 Å². The molecule has 0 aliphatic carbocycles. The highest BCUT2D eigenvalue weighted by Crippen LogP contribution is 2.34. The molecule has 0 radical (unpaired) electrons. The molecule has 2 aliphatic rings. The Hall–Kier alpha value is -0.810. The number of hydrogen-bond donors (Lipinski definition) is 2. The maximum absolute atomic E-state index is 5.94. The molecule has 0 bridgehead atoms. The third-order valence-corrected chi connectivity index (χ3v) is 4.68. The Morgan fingerprint density at radius 3 is 2.61 bits per heavy atom. The van der Waals surface area contributed by atoms with E-state index in [1.165, 1.54) is 12.8 Å². The molecule has 23 heavy (non-hydrogen) atoms. The van der Waals surface area contributed by atoms with E-state index in [0.29, 0.717) is 18.1 Å². The van der Waals surface area contributed by atoms with E-state index in [1.807, 2.05) is 0 Å². The van der Waals surface area contributed by atoms with Crippen LogP contribution in [0.2, 0.25) is 0 Å². The Balaban J connectivity index is 1.80. The van der Waals surface area contributed by atoms with E-state index in [1.54, 1.807) is 0 Å². The van der Waals surface area contributed by atoms with Crippen molar-refractivity contribution < 1.29 is 9.47 Å². The summed E-state index contributed by atoms with van der Waals surface area (Å²) in [6, 6.07) is 0. The van der Waals surface area contributed by atoms with Crippen LogP contribution in [-0.4, -0.2) is 51.0 Å². The second kappa shape index (κ2) is 8.88. The maximum atomic E-state index is 5.94. The molecule has 134 valence electrons. The van der Waals surface area contributed by atoms with Crippen LogP contribution in [0.25, 0.3) is 0 Å². The molecule has 3 unspecified atom stereocenters. The zero-order chi connectivity index (χ0) is 16.7. The minimum atomic E-state index is 0.183. The summed E-state index contributed by atoms with van der Waals surface area (Å²) in [6.07, 6.45) is 5.30. The highest BCUT2D eigenvalue weighted by molar-refractivity contribution is 5.79. The van der Waals surface area contributed by atoms with E-state index < -0.39 is 0 Å². The van der Waals surface area contributed by atoms with Crippen molar-refractivity contribution in [2.24, 2.45) is 16.3 Å². The van der Waals surface area contributed by atoms with Gasteiger partial charge in [-0.2, -0.15) is 0 Å². The van der Waals surface area contributed by atoms with Crippen molar-refractivity contribution >= 4 is 5.96 Å². The molecule has 2 saturated heterocycles. The number of aliphatic imine (C=N–C) groups is 1. The van der Waals surface area contributed by atoms with Gasteiger partial charge in [0.25, 0.3) is 0 Å². The molecule has 2 aliphatic heterocycles. The van der Waals surface area contributed by atoms with Crippen LogP contribution in [-0.2, 0) is 9.47 Å². The monoisotopic (exact) mass is 325 g/mol.